The monoisotopic (exact) mass is 346 g/mol. The van der Waals surface area contributed by atoms with Crippen LogP contribution in [0.25, 0.3) is 0 Å². The smallest absolute Gasteiger partial charge is 0.238 e. The lowest BCUT2D eigenvalue weighted by Crippen LogP contribution is -2.52. The van der Waals surface area contributed by atoms with Gasteiger partial charge in [0.25, 0.3) is 0 Å². The number of nitrogens with two attached hydrogens (primary N) is 1. The molecule has 1 aliphatic rings. The zero-order valence-corrected chi connectivity index (χ0v) is 15.2. The van der Waals surface area contributed by atoms with Crippen molar-refractivity contribution >= 4 is 17.5 Å². The summed E-state index contributed by atoms with van der Waals surface area (Å²) in [7, 11) is 0. The van der Waals surface area contributed by atoms with Crippen molar-refractivity contribution in [2.45, 2.75) is 45.2 Å². The summed E-state index contributed by atoms with van der Waals surface area (Å²) in [5.41, 5.74) is 6.79. The molecule has 1 aliphatic heterocycles. The van der Waals surface area contributed by atoms with E-state index in [1.807, 2.05) is 44.2 Å². The lowest BCUT2D eigenvalue weighted by Gasteiger charge is -2.32. The molecule has 0 bridgehead atoms. The van der Waals surface area contributed by atoms with E-state index >= 15 is 0 Å². The van der Waals surface area contributed by atoms with Gasteiger partial charge < -0.3 is 16.4 Å². The maximum Gasteiger partial charge on any atom is 0.238 e. The highest BCUT2D eigenvalue weighted by Crippen LogP contribution is 2.12. The average Bonchev–Trinajstić information content (AvgIpc) is 2.62. The number of carbonyl (C=O) groups excluding carboxylic acids is 2. The first-order valence-electron chi connectivity index (χ1n) is 9.12. The van der Waals surface area contributed by atoms with Gasteiger partial charge in [0.05, 0.1) is 12.6 Å². The third-order valence-electron chi connectivity index (χ3n) is 4.92. The number of hydrogen-bond acceptors (Lipinski definition) is 4. The number of nitrogens with zero attached hydrogens (tertiary/aromatic N) is 1. The van der Waals surface area contributed by atoms with E-state index in [9.17, 15) is 9.59 Å². The van der Waals surface area contributed by atoms with Gasteiger partial charge in [0.2, 0.25) is 11.8 Å². The summed E-state index contributed by atoms with van der Waals surface area (Å²) in [4.78, 5) is 26.4. The largest absolute Gasteiger partial charge is 0.352 e. The van der Waals surface area contributed by atoms with E-state index in [-0.39, 0.29) is 23.8 Å². The van der Waals surface area contributed by atoms with Crippen LogP contribution in [0.2, 0.25) is 0 Å². The Kier molecular flexibility index (Phi) is 7.40. The van der Waals surface area contributed by atoms with Crippen molar-refractivity contribution in [1.82, 2.24) is 10.2 Å². The maximum atomic E-state index is 12.2. The fourth-order valence-corrected chi connectivity index (χ4v) is 2.97. The number of anilines is 1. The Bertz CT molecular complexity index is 556. The zero-order chi connectivity index (χ0) is 18.2. The molecule has 25 heavy (non-hydrogen) atoms. The second kappa shape index (κ2) is 9.53. The van der Waals surface area contributed by atoms with Gasteiger partial charge in [-0.25, -0.2) is 0 Å². The van der Waals surface area contributed by atoms with Crippen LogP contribution in [0.3, 0.4) is 0 Å². The number of benzene rings is 1. The summed E-state index contributed by atoms with van der Waals surface area (Å²) in [6, 6.07) is 9.17. The van der Waals surface area contributed by atoms with E-state index in [4.69, 9.17) is 5.73 Å². The van der Waals surface area contributed by atoms with Crippen LogP contribution in [-0.4, -0.2) is 48.4 Å². The standard InChI is InChI=1S/C19H30N4O2/c1-3-14(2)18(20)19(25)22-16-9-11-23(12-10-16)13-17(24)21-15-7-5-4-6-8-15/h4-8,14,16,18H,3,9-13,20H2,1-2H3,(H,21,24)(H,22,25). The van der Waals surface area contributed by atoms with Crippen molar-refractivity contribution in [3.8, 4) is 0 Å². The molecule has 1 saturated heterocycles. The molecule has 4 N–H and O–H groups in total. The van der Waals surface area contributed by atoms with Crippen LogP contribution in [-0.2, 0) is 9.59 Å². The number of para-hydroxylation sites is 1. The van der Waals surface area contributed by atoms with E-state index < -0.39 is 6.04 Å². The number of hydrogen-bond donors (Lipinski definition) is 3. The number of nitrogens with one attached hydrogen (secondary N) is 2. The molecule has 2 amide bonds. The Morgan fingerprint density at radius 1 is 1.24 bits per heavy atom. The predicted molar refractivity (Wildman–Crippen MR) is 100 cm³/mol. The number of piperidine rings is 1. The zero-order valence-electron chi connectivity index (χ0n) is 15.2. The summed E-state index contributed by atoms with van der Waals surface area (Å²) in [5.74, 6) is 0.115. The second-order valence-electron chi connectivity index (χ2n) is 6.88. The van der Waals surface area contributed by atoms with E-state index in [1.54, 1.807) is 0 Å². The quantitative estimate of drug-likeness (QED) is 0.699. The Hall–Kier alpha value is -1.92. The lowest BCUT2D eigenvalue weighted by atomic mass is 9.98. The van der Waals surface area contributed by atoms with Crippen molar-refractivity contribution < 1.29 is 9.59 Å². The van der Waals surface area contributed by atoms with E-state index in [2.05, 4.69) is 15.5 Å². The van der Waals surface area contributed by atoms with Crippen LogP contribution in [0.4, 0.5) is 5.69 Å². The third-order valence-corrected chi connectivity index (χ3v) is 4.92. The molecule has 0 aliphatic carbocycles. The minimum atomic E-state index is -0.445. The first-order valence-corrected chi connectivity index (χ1v) is 9.12. The van der Waals surface area contributed by atoms with Gasteiger partial charge in [-0.15, -0.1) is 0 Å². The molecule has 6 heteroatoms. The predicted octanol–water partition coefficient (Wildman–Crippen LogP) is 1.58. The summed E-state index contributed by atoms with van der Waals surface area (Å²) in [5, 5.41) is 5.96. The summed E-state index contributed by atoms with van der Waals surface area (Å²) in [6.45, 7) is 6.01. The van der Waals surface area contributed by atoms with Gasteiger partial charge in [-0.3, -0.25) is 14.5 Å². The summed E-state index contributed by atoms with van der Waals surface area (Å²) in [6.07, 6.45) is 2.58. The van der Waals surface area contributed by atoms with Gasteiger partial charge in [-0.2, -0.15) is 0 Å². The average molecular weight is 346 g/mol. The van der Waals surface area contributed by atoms with Gasteiger partial charge in [-0.05, 0) is 30.9 Å². The molecule has 0 saturated carbocycles. The topological polar surface area (TPSA) is 87.5 Å². The van der Waals surface area contributed by atoms with Crippen molar-refractivity contribution in [3.05, 3.63) is 30.3 Å². The van der Waals surface area contributed by atoms with Crippen LogP contribution >= 0.6 is 0 Å². The van der Waals surface area contributed by atoms with Crippen molar-refractivity contribution in [2.24, 2.45) is 11.7 Å². The molecule has 0 radical (unpaired) electrons. The molecular formula is C19H30N4O2. The number of amides is 2. The molecular weight excluding hydrogens is 316 g/mol. The van der Waals surface area contributed by atoms with E-state index in [1.165, 1.54) is 0 Å². The first kappa shape index (κ1) is 19.4. The fourth-order valence-electron chi connectivity index (χ4n) is 2.97. The van der Waals surface area contributed by atoms with Crippen molar-refractivity contribution in [3.63, 3.8) is 0 Å². The molecule has 0 aromatic heterocycles. The number of likely N-dealkylation sites (tertiary alicyclic amines) is 1. The van der Waals surface area contributed by atoms with Crippen molar-refractivity contribution in [1.29, 1.82) is 0 Å². The first-order chi connectivity index (χ1) is 12.0. The number of carbonyl (C=O) groups is 2. The van der Waals surface area contributed by atoms with Gasteiger partial charge in [-0.1, -0.05) is 38.5 Å². The normalized spacial score (nSPS) is 18.4. The Balaban J connectivity index is 1.70. The molecule has 2 unspecified atom stereocenters. The maximum absolute atomic E-state index is 12.2. The minimum absolute atomic E-state index is 0.00696. The molecule has 1 aromatic rings. The highest BCUT2D eigenvalue weighted by Gasteiger charge is 2.25. The molecule has 138 valence electrons. The van der Waals surface area contributed by atoms with Crippen LogP contribution in [0.15, 0.2) is 30.3 Å². The SMILES string of the molecule is CCC(C)C(N)C(=O)NC1CCN(CC(=O)Nc2ccccc2)CC1. The molecule has 6 nitrogen and oxygen atoms in total. The molecule has 0 spiro atoms. The molecule has 1 fully saturated rings. The van der Waals surface area contributed by atoms with Crippen LogP contribution in [0.5, 0.6) is 0 Å². The van der Waals surface area contributed by atoms with E-state index in [0.717, 1.165) is 38.0 Å². The minimum Gasteiger partial charge on any atom is -0.352 e. The second-order valence-corrected chi connectivity index (χ2v) is 6.88. The summed E-state index contributed by atoms with van der Waals surface area (Å²) >= 11 is 0. The molecule has 2 rings (SSSR count). The Labute approximate surface area is 150 Å². The van der Waals surface area contributed by atoms with Gasteiger partial charge in [0.15, 0.2) is 0 Å². The fraction of sp³-hybridized carbons (Fsp3) is 0.579. The van der Waals surface area contributed by atoms with Crippen molar-refractivity contribution in [2.75, 3.05) is 25.0 Å². The van der Waals surface area contributed by atoms with Gasteiger partial charge in [0, 0.05) is 24.8 Å². The summed E-state index contributed by atoms with van der Waals surface area (Å²) < 4.78 is 0. The third kappa shape index (κ3) is 6.14. The van der Waals surface area contributed by atoms with Gasteiger partial charge in [0.1, 0.15) is 0 Å². The highest BCUT2D eigenvalue weighted by atomic mass is 16.2. The highest BCUT2D eigenvalue weighted by molar-refractivity contribution is 5.92. The molecule has 1 aromatic carbocycles. The van der Waals surface area contributed by atoms with E-state index in [0.29, 0.717) is 6.54 Å². The van der Waals surface area contributed by atoms with Crippen LogP contribution in [0, 0.1) is 5.92 Å². The lowest BCUT2D eigenvalue weighted by molar-refractivity contribution is -0.124. The van der Waals surface area contributed by atoms with Crippen LogP contribution < -0.4 is 16.4 Å². The number of rotatable bonds is 7. The van der Waals surface area contributed by atoms with Crippen LogP contribution in [0.1, 0.15) is 33.1 Å². The molecule has 2 atom stereocenters. The molecule has 1 heterocycles. The Morgan fingerprint density at radius 2 is 1.88 bits per heavy atom. The Morgan fingerprint density at radius 3 is 2.48 bits per heavy atom. The van der Waals surface area contributed by atoms with Gasteiger partial charge >= 0.3 is 0 Å².